The van der Waals surface area contributed by atoms with Gasteiger partial charge >= 0.3 is 0 Å². The largest absolute Gasteiger partial charge is 0.470 e. The third kappa shape index (κ3) is 4.63. The number of nitrogens with zero attached hydrogens (tertiary/aromatic N) is 2. The maximum Gasteiger partial charge on any atom is 0.226 e. The van der Waals surface area contributed by atoms with Crippen molar-refractivity contribution in [2.24, 2.45) is 0 Å². The van der Waals surface area contributed by atoms with Gasteiger partial charge < -0.3 is 14.8 Å². The number of rotatable bonds is 7. The van der Waals surface area contributed by atoms with E-state index in [1.165, 1.54) is 0 Å². The van der Waals surface area contributed by atoms with Gasteiger partial charge in [-0.3, -0.25) is 4.79 Å². The van der Waals surface area contributed by atoms with Gasteiger partial charge in [-0.1, -0.05) is 23.2 Å². The fraction of sp³-hybridized carbons (Fsp3) is 0.375. The van der Waals surface area contributed by atoms with Gasteiger partial charge in [0, 0.05) is 12.1 Å². The summed E-state index contributed by atoms with van der Waals surface area (Å²) >= 11 is 11.9. The molecule has 130 valence electrons. The molecule has 2 rings (SSSR count). The molecule has 1 aromatic carbocycles. The van der Waals surface area contributed by atoms with Crippen LogP contribution in [0.5, 0.6) is 5.75 Å². The molecule has 0 aliphatic rings. The number of carbonyl (C=O) groups excluding carboxylic acids is 1. The van der Waals surface area contributed by atoms with E-state index in [-0.39, 0.29) is 19.1 Å². The van der Waals surface area contributed by atoms with Crippen LogP contribution in [0.25, 0.3) is 0 Å². The molecule has 0 unspecified atom stereocenters. The Morgan fingerprint density at radius 2 is 2.08 bits per heavy atom. The zero-order valence-electron chi connectivity index (χ0n) is 13.7. The lowest BCUT2D eigenvalue weighted by Gasteiger charge is -2.10. The van der Waals surface area contributed by atoms with E-state index in [4.69, 9.17) is 32.7 Å². The molecule has 0 spiro atoms. The molecule has 8 heteroatoms. The number of aryl methyl sites for hydroxylation is 1. The van der Waals surface area contributed by atoms with Crippen LogP contribution >= 0.6 is 23.2 Å². The summed E-state index contributed by atoms with van der Waals surface area (Å²) < 4.78 is 12.2. The second kappa shape index (κ2) is 8.37. The van der Waals surface area contributed by atoms with E-state index >= 15 is 0 Å². The summed E-state index contributed by atoms with van der Waals surface area (Å²) in [6, 6.07) is 5.01. The molecule has 1 aromatic heterocycles. The van der Waals surface area contributed by atoms with Crippen molar-refractivity contribution < 1.29 is 14.3 Å². The molecule has 0 atom stereocenters. The van der Waals surface area contributed by atoms with Crippen molar-refractivity contribution in [3.8, 4) is 5.75 Å². The molecule has 1 amide bonds. The third-order valence-electron chi connectivity index (χ3n) is 3.42. The number of ether oxygens (including phenoxy) is 2. The number of anilines is 1. The first-order valence-corrected chi connectivity index (χ1v) is 8.08. The molecule has 2 aromatic rings. The van der Waals surface area contributed by atoms with Crippen LogP contribution in [0.2, 0.25) is 10.0 Å². The number of nitrogens with one attached hydrogen (secondary N) is 1. The van der Waals surface area contributed by atoms with Crippen LogP contribution in [-0.4, -0.2) is 29.4 Å². The molecule has 0 aliphatic carbocycles. The predicted molar refractivity (Wildman–Crippen MR) is 93.9 cm³/mol. The lowest BCUT2D eigenvalue weighted by molar-refractivity contribution is -0.117. The Hall–Kier alpha value is -1.76. The van der Waals surface area contributed by atoms with E-state index in [9.17, 15) is 4.79 Å². The SMILES string of the molecule is COCCC(=O)Nc1c(C)nn(COc2ccc(Cl)cc2Cl)c1C. The molecular formula is C16H19Cl2N3O3. The van der Waals surface area contributed by atoms with E-state index in [0.717, 1.165) is 5.69 Å². The standard InChI is InChI=1S/C16H19Cl2N3O3/c1-10-16(19-15(22)6-7-23-3)11(2)21(20-10)9-24-14-5-4-12(17)8-13(14)18/h4-5,8H,6-7,9H2,1-3H3,(H,19,22). The quantitative estimate of drug-likeness (QED) is 0.803. The van der Waals surface area contributed by atoms with Crippen molar-refractivity contribution in [3.63, 3.8) is 0 Å². The number of methoxy groups -OCH3 is 1. The van der Waals surface area contributed by atoms with Gasteiger partial charge in [0.1, 0.15) is 5.75 Å². The van der Waals surface area contributed by atoms with Crippen LogP contribution in [-0.2, 0) is 16.3 Å². The first-order valence-electron chi connectivity index (χ1n) is 7.33. The van der Waals surface area contributed by atoms with Gasteiger partial charge in [-0.15, -0.1) is 0 Å². The summed E-state index contributed by atoms with van der Waals surface area (Å²) in [7, 11) is 1.56. The molecule has 0 bridgehead atoms. The minimum Gasteiger partial charge on any atom is -0.470 e. The Labute approximate surface area is 150 Å². The number of benzene rings is 1. The van der Waals surface area contributed by atoms with Crippen LogP contribution in [0.3, 0.4) is 0 Å². The highest BCUT2D eigenvalue weighted by Crippen LogP contribution is 2.28. The summed E-state index contributed by atoms with van der Waals surface area (Å²) in [5.41, 5.74) is 2.19. The number of hydrogen-bond donors (Lipinski definition) is 1. The zero-order valence-corrected chi connectivity index (χ0v) is 15.2. The molecular weight excluding hydrogens is 353 g/mol. The Morgan fingerprint density at radius 1 is 1.33 bits per heavy atom. The number of amides is 1. The van der Waals surface area contributed by atoms with Crippen LogP contribution in [0.15, 0.2) is 18.2 Å². The lowest BCUT2D eigenvalue weighted by atomic mass is 10.3. The zero-order chi connectivity index (χ0) is 17.7. The summed E-state index contributed by atoms with van der Waals surface area (Å²) in [6.45, 7) is 4.22. The molecule has 0 saturated heterocycles. The number of aromatic nitrogens is 2. The van der Waals surface area contributed by atoms with Crippen LogP contribution in [0.1, 0.15) is 17.8 Å². The van der Waals surface area contributed by atoms with E-state index in [2.05, 4.69) is 10.4 Å². The van der Waals surface area contributed by atoms with Crippen LogP contribution < -0.4 is 10.1 Å². The molecule has 24 heavy (non-hydrogen) atoms. The average Bonchev–Trinajstić information content (AvgIpc) is 2.79. The van der Waals surface area contributed by atoms with Gasteiger partial charge in [-0.25, -0.2) is 4.68 Å². The highest BCUT2D eigenvalue weighted by Gasteiger charge is 2.14. The highest BCUT2D eigenvalue weighted by atomic mass is 35.5. The van der Waals surface area contributed by atoms with Gasteiger partial charge in [0.25, 0.3) is 0 Å². The van der Waals surface area contributed by atoms with Crippen molar-refractivity contribution in [2.45, 2.75) is 27.0 Å². The van der Waals surface area contributed by atoms with Crippen molar-refractivity contribution >= 4 is 34.8 Å². The first kappa shape index (κ1) is 18.6. The topological polar surface area (TPSA) is 65.4 Å². The van der Waals surface area contributed by atoms with Gasteiger partial charge in [0.2, 0.25) is 5.91 Å². The number of halogens is 2. The Balaban J connectivity index is 2.06. The Bertz CT molecular complexity index is 732. The van der Waals surface area contributed by atoms with Crippen LogP contribution in [0, 0.1) is 13.8 Å². The van der Waals surface area contributed by atoms with E-state index in [1.54, 1.807) is 30.0 Å². The second-order valence-electron chi connectivity index (χ2n) is 5.18. The van der Waals surface area contributed by atoms with Gasteiger partial charge in [0.05, 0.1) is 35.1 Å². The number of hydrogen-bond acceptors (Lipinski definition) is 4. The Morgan fingerprint density at radius 3 is 2.75 bits per heavy atom. The fourth-order valence-electron chi connectivity index (χ4n) is 2.12. The summed E-state index contributed by atoms with van der Waals surface area (Å²) in [5, 5.41) is 8.20. The van der Waals surface area contributed by atoms with Crippen molar-refractivity contribution in [3.05, 3.63) is 39.6 Å². The predicted octanol–water partition coefficient (Wildman–Crippen LogP) is 3.82. The summed E-state index contributed by atoms with van der Waals surface area (Å²) in [6.07, 6.45) is 0.289. The van der Waals surface area contributed by atoms with E-state index in [1.807, 2.05) is 13.8 Å². The minimum atomic E-state index is -0.121. The molecule has 0 saturated carbocycles. The summed E-state index contributed by atoms with van der Waals surface area (Å²) in [5.74, 6) is 0.392. The van der Waals surface area contributed by atoms with Gasteiger partial charge in [-0.2, -0.15) is 5.10 Å². The molecule has 0 radical (unpaired) electrons. The maximum absolute atomic E-state index is 11.9. The van der Waals surface area contributed by atoms with Crippen molar-refractivity contribution in [1.29, 1.82) is 0 Å². The smallest absolute Gasteiger partial charge is 0.226 e. The van der Waals surface area contributed by atoms with Gasteiger partial charge in [-0.05, 0) is 32.0 Å². The minimum absolute atomic E-state index is 0.121. The van der Waals surface area contributed by atoms with Crippen LogP contribution in [0.4, 0.5) is 5.69 Å². The Kier molecular flexibility index (Phi) is 6.48. The maximum atomic E-state index is 11.9. The lowest BCUT2D eigenvalue weighted by Crippen LogP contribution is -2.15. The van der Waals surface area contributed by atoms with Crippen molar-refractivity contribution in [1.82, 2.24) is 9.78 Å². The van der Waals surface area contributed by atoms with Gasteiger partial charge in [0.15, 0.2) is 6.73 Å². The number of carbonyl (C=O) groups is 1. The highest BCUT2D eigenvalue weighted by molar-refractivity contribution is 6.35. The van der Waals surface area contributed by atoms with Crippen molar-refractivity contribution in [2.75, 3.05) is 19.0 Å². The fourth-order valence-corrected chi connectivity index (χ4v) is 2.59. The average molecular weight is 372 g/mol. The second-order valence-corrected chi connectivity index (χ2v) is 6.03. The van der Waals surface area contributed by atoms with E-state index in [0.29, 0.717) is 33.8 Å². The third-order valence-corrected chi connectivity index (χ3v) is 3.95. The molecule has 1 heterocycles. The molecule has 6 nitrogen and oxygen atoms in total. The molecule has 0 aliphatic heterocycles. The van der Waals surface area contributed by atoms with E-state index < -0.39 is 0 Å². The molecule has 1 N–H and O–H groups in total. The molecule has 0 fully saturated rings. The monoisotopic (exact) mass is 371 g/mol. The summed E-state index contributed by atoms with van der Waals surface area (Å²) in [4.78, 5) is 11.9. The normalized spacial score (nSPS) is 10.7. The first-order chi connectivity index (χ1) is 11.4.